The highest BCUT2D eigenvalue weighted by molar-refractivity contribution is 6.03. The molecule has 4 rings (SSSR count). The number of phenolic OH excluding ortho intramolecular Hbond substituents is 2. The van der Waals surface area contributed by atoms with Gasteiger partial charge < -0.3 is 30.1 Å². The van der Waals surface area contributed by atoms with Crippen molar-refractivity contribution in [2.45, 2.75) is 20.4 Å². The monoisotopic (exact) mass is 519 g/mol. The maximum atomic E-state index is 13.5. The molecule has 3 aromatic carbocycles. The number of hydrogen-bond acceptors (Lipinski definition) is 7. The Labute approximate surface area is 220 Å². The van der Waals surface area contributed by atoms with E-state index in [9.17, 15) is 19.4 Å². The Morgan fingerprint density at radius 1 is 0.974 bits per heavy atom. The molecule has 9 heteroatoms. The number of nitrogens with zero attached hydrogens (tertiary/aromatic N) is 1. The molecule has 1 amide bonds. The van der Waals surface area contributed by atoms with Gasteiger partial charge in [0.25, 0.3) is 5.91 Å². The highest BCUT2D eigenvalue weighted by Gasteiger charge is 2.27. The number of benzene rings is 3. The molecule has 0 saturated heterocycles. The maximum absolute atomic E-state index is 13.5. The van der Waals surface area contributed by atoms with Gasteiger partial charge in [0.05, 0.1) is 17.7 Å². The molecule has 0 fully saturated rings. The smallest absolute Gasteiger partial charge is 0.274 e. The average Bonchev–Trinajstić information content (AvgIpc) is 3.35. The van der Waals surface area contributed by atoms with Crippen LogP contribution in [0.15, 0.2) is 65.2 Å². The first-order valence-corrected chi connectivity index (χ1v) is 12.4. The van der Waals surface area contributed by atoms with Gasteiger partial charge in [-0.15, -0.1) is 0 Å². The predicted molar refractivity (Wildman–Crippen MR) is 142 cm³/mol. The molecule has 0 saturated carbocycles. The van der Waals surface area contributed by atoms with Crippen molar-refractivity contribution in [2.75, 3.05) is 26.3 Å². The molecule has 1 heterocycles. The SMILES string of the molecule is CCNC(=O)c1noc(-c2cc(-c3ccc(F)cc3)c(O)cc2O)c1-c1ccc(CNCCOCC)cc1. The second kappa shape index (κ2) is 12.4. The van der Waals surface area contributed by atoms with E-state index in [0.29, 0.717) is 48.6 Å². The molecule has 0 bridgehead atoms. The van der Waals surface area contributed by atoms with E-state index in [4.69, 9.17) is 9.26 Å². The summed E-state index contributed by atoms with van der Waals surface area (Å²) in [6, 6.07) is 15.9. The molecule has 38 heavy (non-hydrogen) atoms. The van der Waals surface area contributed by atoms with Crippen LogP contribution in [0.25, 0.3) is 33.6 Å². The van der Waals surface area contributed by atoms with Crippen molar-refractivity contribution >= 4 is 5.91 Å². The molecule has 0 radical (unpaired) electrons. The van der Waals surface area contributed by atoms with Gasteiger partial charge in [-0.05, 0) is 48.7 Å². The summed E-state index contributed by atoms with van der Waals surface area (Å²) in [6.45, 7) is 6.82. The third-order valence-corrected chi connectivity index (χ3v) is 5.96. The molecule has 0 aliphatic heterocycles. The number of halogens is 1. The summed E-state index contributed by atoms with van der Waals surface area (Å²) < 4.78 is 24.4. The number of phenols is 2. The first kappa shape index (κ1) is 26.8. The van der Waals surface area contributed by atoms with Crippen molar-refractivity contribution in [3.05, 3.63) is 77.7 Å². The third kappa shape index (κ3) is 6.01. The number of ether oxygens (including phenoxy) is 1. The Morgan fingerprint density at radius 2 is 1.66 bits per heavy atom. The van der Waals surface area contributed by atoms with Gasteiger partial charge in [0.2, 0.25) is 0 Å². The molecule has 8 nitrogen and oxygen atoms in total. The number of carbonyl (C=O) groups excluding carboxylic acids is 1. The van der Waals surface area contributed by atoms with Gasteiger partial charge in [0, 0.05) is 37.9 Å². The van der Waals surface area contributed by atoms with Gasteiger partial charge in [-0.1, -0.05) is 41.6 Å². The van der Waals surface area contributed by atoms with E-state index in [1.54, 1.807) is 6.92 Å². The molecule has 4 aromatic rings. The van der Waals surface area contributed by atoms with Crippen LogP contribution >= 0.6 is 0 Å². The number of amides is 1. The van der Waals surface area contributed by atoms with E-state index in [2.05, 4.69) is 15.8 Å². The number of aromatic hydroxyl groups is 2. The molecule has 198 valence electrons. The van der Waals surface area contributed by atoms with Gasteiger partial charge in [0.1, 0.15) is 17.3 Å². The zero-order valence-electron chi connectivity index (χ0n) is 21.3. The summed E-state index contributed by atoms with van der Waals surface area (Å²) in [7, 11) is 0. The van der Waals surface area contributed by atoms with E-state index < -0.39 is 11.7 Å². The number of hydrogen-bond donors (Lipinski definition) is 4. The normalized spacial score (nSPS) is 11.0. The Morgan fingerprint density at radius 3 is 2.34 bits per heavy atom. The fourth-order valence-corrected chi connectivity index (χ4v) is 4.07. The minimum Gasteiger partial charge on any atom is -0.507 e. The topological polar surface area (TPSA) is 117 Å². The predicted octanol–water partition coefficient (Wildman–Crippen LogP) is 5.10. The Balaban J connectivity index is 1.74. The molecule has 0 aliphatic rings. The highest BCUT2D eigenvalue weighted by atomic mass is 19.1. The number of carbonyl (C=O) groups is 1. The standard InChI is InChI=1S/C29H30FN3O5/c1-3-32-29(36)27-26(20-7-5-18(6-8-20)17-31-13-14-37-4-2)28(38-33-27)23-15-22(24(34)16-25(23)35)19-9-11-21(30)12-10-19/h5-12,15-16,31,34-35H,3-4,13-14,17H2,1-2H3,(H,32,36). The van der Waals surface area contributed by atoms with E-state index >= 15 is 0 Å². The zero-order valence-corrected chi connectivity index (χ0v) is 21.3. The molecular weight excluding hydrogens is 489 g/mol. The molecule has 0 spiro atoms. The van der Waals surface area contributed by atoms with Crippen molar-refractivity contribution < 1.29 is 28.7 Å². The lowest BCUT2D eigenvalue weighted by Crippen LogP contribution is -2.23. The number of nitrogens with one attached hydrogen (secondary N) is 2. The van der Waals surface area contributed by atoms with Crippen molar-refractivity contribution in [3.63, 3.8) is 0 Å². The molecule has 4 N–H and O–H groups in total. The van der Waals surface area contributed by atoms with Crippen LogP contribution in [0.4, 0.5) is 4.39 Å². The number of rotatable bonds is 11. The van der Waals surface area contributed by atoms with E-state index in [0.717, 1.165) is 12.1 Å². The van der Waals surface area contributed by atoms with Crippen molar-refractivity contribution in [1.29, 1.82) is 0 Å². The molecule has 0 aliphatic carbocycles. The summed E-state index contributed by atoms with van der Waals surface area (Å²) in [4.78, 5) is 12.8. The second-order valence-corrected chi connectivity index (χ2v) is 8.56. The lowest BCUT2D eigenvalue weighted by molar-refractivity contribution is 0.0947. The van der Waals surface area contributed by atoms with Crippen LogP contribution < -0.4 is 10.6 Å². The molecule has 0 atom stereocenters. The average molecular weight is 520 g/mol. The van der Waals surface area contributed by atoms with Gasteiger partial charge >= 0.3 is 0 Å². The quantitative estimate of drug-likeness (QED) is 0.204. The van der Waals surface area contributed by atoms with E-state index in [1.165, 1.54) is 36.4 Å². The summed E-state index contributed by atoms with van der Waals surface area (Å²) in [5.74, 6) is -1.12. The highest BCUT2D eigenvalue weighted by Crippen LogP contribution is 2.44. The van der Waals surface area contributed by atoms with Crippen LogP contribution in [-0.4, -0.2) is 47.6 Å². The van der Waals surface area contributed by atoms with E-state index in [-0.39, 0.29) is 28.5 Å². The molecular formula is C29H30FN3O5. The van der Waals surface area contributed by atoms with Crippen LogP contribution in [0.1, 0.15) is 29.9 Å². The fourth-order valence-electron chi connectivity index (χ4n) is 4.07. The maximum Gasteiger partial charge on any atom is 0.274 e. The number of aromatic nitrogens is 1. The van der Waals surface area contributed by atoms with Crippen LogP contribution in [0.5, 0.6) is 11.5 Å². The largest absolute Gasteiger partial charge is 0.507 e. The summed E-state index contributed by atoms with van der Waals surface area (Å²) >= 11 is 0. The lowest BCUT2D eigenvalue weighted by atomic mass is 9.95. The van der Waals surface area contributed by atoms with Crippen LogP contribution in [-0.2, 0) is 11.3 Å². The first-order valence-electron chi connectivity index (χ1n) is 12.4. The Bertz CT molecular complexity index is 1380. The molecule has 1 aromatic heterocycles. The fraction of sp³-hybridized carbons (Fsp3) is 0.241. The molecule has 0 unspecified atom stereocenters. The minimum absolute atomic E-state index is 0.0697. The summed E-state index contributed by atoms with van der Waals surface area (Å²) in [6.07, 6.45) is 0. The zero-order chi connectivity index (χ0) is 27.1. The van der Waals surface area contributed by atoms with Crippen molar-refractivity contribution in [2.24, 2.45) is 0 Å². The second-order valence-electron chi connectivity index (χ2n) is 8.56. The first-order chi connectivity index (χ1) is 18.4. The van der Waals surface area contributed by atoms with Gasteiger partial charge in [-0.25, -0.2) is 4.39 Å². The van der Waals surface area contributed by atoms with Gasteiger partial charge in [-0.2, -0.15) is 0 Å². The third-order valence-electron chi connectivity index (χ3n) is 5.96. The van der Waals surface area contributed by atoms with Crippen LogP contribution in [0.2, 0.25) is 0 Å². The van der Waals surface area contributed by atoms with Crippen LogP contribution in [0.3, 0.4) is 0 Å². The van der Waals surface area contributed by atoms with Crippen LogP contribution in [0, 0.1) is 5.82 Å². The van der Waals surface area contributed by atoms with Gasteiger partial charge in [0.15, 0.2) is 11.5 Å². The van der Waals surface area contributed by atoms with E-state index in [1.807, 2.05) is 31.2 Å². The van der Waals surface area contributed by atoms with Gasteiger partial charge in [-0.3, -0.25) is 4.79 Å². The van der Waals surface area contributed by atoms with Crippen molar-refractivity contribution in [3.8, 4) is 45.1 Å². The van der Waals surface area contributed by atoms with Crippen molar-refractivity contribution in [1.82, 2.24) is 15.8 Å². The Hall–Kier alpha value is -4.21. The summed E-state index contributed by atoms with van der Waals surface area (Å²) in [5, 5.41) is 31.3. The Kier molecular flexibility index (Phi) is 8.73. The lowest BCUT2D eigenvalue weighted by Gasteiger charge is -2.11. The minimum atomic E-state index is -0.420. The summed E-state index contributed by atoms with van der Waals surface area (Å²) in [5.41, 5.74) is 3.29.